The fourth-order valence-corrected chi connectivity index (χ4v) is 2.57. The number of carbonyl (C=O) groups is 1. The lowest BCUT2D eigenvalue weighted by Crippen LogP contribution is -2.57. The van der Waals surface area contributed by atoms with Crippen molar-refractivity contribution < 1.29 is 27.4 Å². The van der Waals surface area contributed by atoms with E-state index in [1.54, 1.807) is 13.8 Å². The van der Waals surface area contributed by atoms with E-state index in [-0.39, 0.29) is 23.8 Å². The standard InChI is InChI=1S/C16H21F3N2O3/c1-16(2,21-6-8-23-9-7-21)14(22)20-10-11-12(17)4-3-5-13(11)24-15(18)19/h3-5,15H,6-10H2,1-2H3,(H,20,22). The monoisotopic (exact) mass is 346 g/mol. The van der Waals surface area contributed by atoms with E-state index in [9.17, 15) is 18.0 Å². The number of alkyl halides is 2. The summed E-state index contributed by atoms with van der Waals surface area (Å²) in [5.41, 5.74) is -0.928. The van der Waals surface area contributed by atoms with Crippen LogP contribution in [0, 0.1) is 5.82 Å². The summed E-state index contributed by atoms with van der Waals surface area (Å²) < 4.78 is 48.3. The SMILES string of the molecule is CC(C)(C(=O)NCc1c(F)cccc1OC(F)F)N1CCOCC1. The Hall–Kier alpha value is -1.80. The van der Waals surface area contributed by atoms with E-state index in [2.05, 4.69) is 10.1 Å². The summed E-state index contributed by atoms with van der Waals surface area (Å²) in [6.45, 7) is 2.51. The van der Waals surface area contributed by atoms with Gasteiger partial charge in [0.1, 0.15) is 11.6 Å². The second-order valence-electron chi connectivity index (χ2n) is 5.94. The third-order valence-corrected chi connectivity index (χ3v) is 4.07. The Morgan fingerprint density at radius 2 is 2.04 bits per heavy atom. The van der Waals surface area contributed by atoms with Gasteiger partial charge in [-0.25, -0.2) is 4.39 Å². The van der Waals surface area contributed by atoms with Crippen LogP contribution in [0.4, 0.5) is 13.2 Å². The van der Waals surface area contributed by atoms with Crippen molar-refractivity contribution in [1.29, 1.82) is 0 Å². The minimum Gasteiger partial charge on any atom is -0.434 e. The summed E-state index contributed by atoms with van der Waals surface area (Å²) in [5, 5.41) is 2.60. The number of hydrogen-bond acceptors (Lipinski definition) is 4. The molecular weight excluding hydrogens is 325 g/mol. The molecule has 24 heavy (non-hydrogen) atoms. The molecule has 0 unspecified atom stereocenters. The van der Waals surface area contributed by atoms with Crippen LogP contribution in [0.3, 0.4) is 0 Å². The molecule has 0 saturated carbocycles. The molecule has 1 heterocycles. The van der Waals surface area contributed by atoms with Gasteiger partial charge < -0.3 is 14.8 Å². The van der Waals surface area contributed by atoms with Crippen molar-refractivity contribution in [3.8, 4) is 5.75 Å². The highest BCUT2D eigenvalue weighted by Crippen LogP contribution is 2.24. The lowest BCUT2D eigenvalue weighted by Gasteiger charge is -2.39. The van der Waals surface area contributed by atoms with Crippen LogP contribution in [-0.4, -0.2) is 49.3 Å². The van der Waals surface area contributed by atoms with Crippen LogP contribution in [0.25, 0.3) is 0 Å². The van der Waals surface area contributed by atoms with Gasteiger partial charge in [0.25, 0.3) is 0 Å². The first kappa shape index (κ1) is 18.5. The van der Waals surface area contributed by atoms with Gasteiger partial charge in [-0.3, -0.25) is 9.69 Å². The molecule has 0 bridgehead atoms. The van der Waals surface area contributed by atoms with Crippen LogP contribution in [0.15, 0.2) is 18.2 Å². The molecule has 0 aromatic heterocycles. The van der Waals surface area contributed by atoms with Crippen LogP contribution in [0.1, 0.15) is 19.4 Å². The van der Waals surface area contributed by atoms with Gasteiger partial charge in [0.05, 0.1) is 18.8 Å². The molecular formula is C16H21F3N2O3. The molecule has 0 spiro atoms. The average molecular weight is 346 g/mol. The van der Waals surface area contributed by atoms with Crippen molar-refractivity contribution in [2.24, 2.45) is 0 Å². The number of benzene rings is 1. The number of ether oxygens (including phenoxy) is 2. The van der Waals surface area contributed by atoms with E-state index < -0.39 is 18.0 Å². The number of halogens is 3. The second-order valence-corrected chi connectivity index (χ2v) is 5.94. The largest absolute Gasteiger partial charge is 0.434 e. The van der Waals surface area contributed by atoms with Gasteiger partial charge in [0.15, 0.2) is 0 Å². The van der Waals surface area contributed by atoms with Crippen molar-refractivity contribution in [2.45, 2.75) is 32.5 Å². The molecule has 8 heteroatoms. The molecule has 134 valence electrons. The van der Waals surface area contributed by atoms with Crippen molar-refractivity contribution in [2.75, 3.05) is 26.3 Å². The lowest BCUT2D eigenvalue weighted by molar-refractivity contribution is -0.134. The summed E-state index contributed by atoms with van der Waals surface area (Å²) in [6.07, 6.45) is 0. The Morgan fingerprint density at radius 3 is 2.67 bits per heavy atom. The van der Waals surface area contributed by atoms with Crippen LogP contribution >= 0.6 is 0 Å². The Kier molecular flexibility index (Phi) is 6.06. The van der Waals surface area contributed by atoms with Gasteiger partial charge in [0.2, 0.25) is 5.91 Å². The van der Waals surface area contributed by atoms with E-state index in [0.717, 1.165) is 6.07 Å². The molecule has 1 N–H and O–H groups in total. The first-order valence-electron chi connectivity index (χ1n) is 7.65. The zero-order chi connectivity index (χ0) is 17.7. The molecule has 0 aliphatic carbocycles. The summed E-state index contributed by atoms with van der Waals surface area (Å²) in [7, 11) is 0. The van der Waals surface area contributed by atoms with E-state index in [0.29, 0.717) is 26.3 Å². The summed E-state index contributed by atoms with van der Waals surface area (Å²) >= 11 is 0. The molecule has 1 aliphatic rings. The smallest absolute Gasteiger partial charge is 0.387 e. The molecule has 5 nitrogen and oxygen atoms in total. The maximum Gasteiger partial charge on any atom is 0.387 e. The van der Waals surface area contributed by atoms with Gasteiger partial charge in [-0.1, -0.05) is 6.07 Å². The number of amides is 1. The van der Waals surface area contributed by atoms with Crippen LogP contribution in [-0.2, 0) is 16.1 Å². The average Bonchev–Trinajstić information content (AvgIpc) is 2.54. The van der Waals surface area contributed by atoms with Crippen LogP contribution < -0.4 is 10.1 Å². The van der Waals surface area contributed by atoms with Crippen molar-refractivity contribution in [3.63, 3.8) is 0 Å². The minimum atomic E-state index is -3.06. The number of nitrogens with zero attached hydrogens (tertiary/aromatic N) is 1. The summed E-state index contributed by atoms with van der Waals surface area (Å²) in [6, 6.07) is 3.65. The number of morpholine rings is 1. The lowest BCUT2D eigenvalue weighted by atomic mass is 10.0. The van der Waals surface area contributed by atoms with E-state index >= 15 is 0 Å². The molecule has 1 aromatic rings. The Morgan fingerprint density at radius 1 is 1.38 bits per heavy atom. The second kappa shape index (κ2) is 7.85. The Bertz CT molecular complexity index is 576. The normalized spacial score (nSPS) is 16.2. The first-order chi connectivity index (χ1) is 11.3. The summed E-state index contributed by atoms with van der Waals surface area (Å²) in [5.74, 6) is -1.32. The molecule has 1 saturated heterocycles. The van der Waals surface area contributed by atoms with E-state index in [4.69, 9.17) is 4.74 Å². The molecule has 1 aromatic carbocycles. The number of carbonyl (C=O) groups excluding carboxylic acids is 1. The highest BCUT2D eigenvalue weighted by Gasteiger charge is 2.35. The minimum absolute atomic E-state index is 0.107. The molecule has 1 fully saturated rings. The van der Waals surface area contributed by atoms with Gasteiger partial charge in [-0.05, 0) is 26.0 Å². The van der Waals surface area contributed by atoms with Gasteiger partial charge >= 0.3 is 6.61 Å². The zero-order valence-electron chi connectivity index (χ0n) is 13.7. The molecule has 0 radical (unpaired) electrons. The first-order valence-corrected chi connectivity index (χ1v) is 7.65. The Labute approximate surface area is 138 Å². The molecule has 1 amide bonds. The third kappa shape index (κ3) is 4.39. The maximum atomic E-state index is 13.9. The van der Waals surface area contributed by atoms with Crippen molar-refractivity contribution in [1.82, 2.24) is 10.2 Å². The topological polar surface area (TPSA) is 50.8 Å². The fourth-order valence-electron chi connectivity index (χ4n) is 2.57. The highest BCUT2D eigenvalue weighted by molar-refractivity contribution is 5.85. The van der Waals surface area contributed by atoms with E-state index in [1.807, 2.05) is 4.90 Å². The number of hydrogen-bond donors (Lipinski definition) is 1. The predicted molar refractivity (Wildman–Crippen MR) is 81.3 cm³/mol. The van der Waals surface area contributed by atoms with Gasteiger partial charge in [-0.15, -0.1) is 0 Å². The Balaban J connectivity index is 2.05. The molecule has 0 atom stereocenters. The number of rotatable bonds is 6. The summed E-state index contributed by atoms with van der Waals surface area (Å²) in [4.78, 5) is 14.4. The molecule has 1 aliphatic heterocycles. The van der Waals surface area contributed by atoms with Gasteiger partial charge in [0, 0.05) is 25.2 Å². The van der Waals surface area contributed by atoms with Crippen LogP contribution in [0.5, 0.6) is 5.75 Å². The zero-order valence-corrected chi connectivity index (χ0v) is 13.7. The van der Waals surface area contributed by atoms with E-state index in [1.165, 1.54) is 12.1 Å². The van der Waals surface area contributed by atoms with Crippen molar-refractivity contribution in [3.05, 3.63) is 29.6 Å². The fraction of sp³-hybridized carbons (Fsp3) is 0.562. The number of nitrogens with one attached hydrogen (secondary N) is 1. The van der Waals surface area contributed by atoms with Crippen molar-refractivity contribution >= 4 is 5.91 Å². The highest BCUT2D eigenvalue weighted by atomic mass is 19.3. The molecule has 2 rings (SSSR count). The van der Waals surface area contributed by atoms with Gasteiger partial charge in [-0.2, -0.15) is 8.78 Å². The third-order valence-electron chi connectivity index (χ3n) is 4.07. The maximum absolute atomic E-state index is 13.9. The quantitative estimate of drug-likeness (QED) is 0.858. The van der Waals surface area contributed by atoms with Crippen LogP contribution in [0.2, 0.25) is 0 Å². The predicted octanol–water partition coefficient (Wildman–Crippen LogP) is 2.15.